The summed E-state index contributed by atoms with van der Waals surface area (Å²) in [4.78, 5) is 33.8. The van der Waals surface area contributed by atoms with Crippen LogP contribution in [0.3, 0.4) is 0 Å². The number of rotatable bonds is 5. The summed E-state index contributed by atoms with van der Waals surface area (Å²) in [6.45, 7) is 4.38. The molecule has 8 heteroatoms. The molecule has 3 aromatic rings. The Hall–Kier alpha value is -2.97. The summed E-state index contributed by atoms with van der Waals surface area (Å²) in [5.41, 5.74) is 3.93. The van der Waals surface area contributed by atoms with Gasteiger partial charge in [0.05, 0.1) is 17.0 Å². The van der Waals surface area contributed by atoms with Gasteiger partial charge in [0.25, 0.3) is 11.5 Å². The van der Waals surface area contributed by atoms with E-state index in [9.17, 15) is 9.59 Å². The molecule has 2 aliphatic rings. The van der Waals surface area contributed by atoms with E-state index in [2.05, 4.69) is 5.32 Å². The number of aromatic nitrogens is 2. The van der Waals surface area contributed by atoms with Crippen molar-refractivity contribution in [2.75, 3.05) is 5.32 Å². The van der Waals surface area contributed by atoms with Crippen LogP contribution in [0.2, 0.25) is 0 Å². The predicted octanol–water partition coefficient (Wildman–Crippen LogP) is 5.46. The molecule has 1 amide bonds. The van der Waals surface area contributed by atoms with Crippen molar-refractivity contribution in [3.63, 3.8) is 0 Å². The van der Waals surface area contributed by atoms with Gasteiger partial charge in [-0.05, 0) is 50.0 Å². The standard InChI is InChI=1S/C27H28N4O2S2/c1-17-8-11-19(12-9-17)16-31-26(33)22(35-27(31)34)14-21-24(28-20-6-4-3-5-7-20)29-23-13-10-18(2)15-30(23)25(21)32/h8-15,20,28H,3-7,16H2,1-2H3/b22-14+. The molecule has 1 saturated heterocycles. The largest absolute Gasteiger partial charge is 0.367 e. The van der Waals surface area contributed by atoms with E-state index in [0.29, 0.717) is 32.8 Å². The average Bonchev–Trinajstić information content (AvgIpc) is 3.11. The molecule has 0 bridgehead atoms. The zero-order chi connectivity index (χ0) is 24.5. The lowest BCUT2D eigenvalue weighted by Crippen LogP contribution is -2.28. The van der Waals surface area contributed by atoms with Crippen molar-refractivity contribution in [2.45, 2.75) is 58.5 Å². The van der Waals surface area contributed by atoms with Gasteiger partial charge in [0.2, 0.25) is 0 Å². The van der Waals surface area contributed by atoms with Crippen LogP contribution in [0.1, 0.15) is 54.4 Å². The van der Waals surface area contributed by atoms with Crippen molar-refractivity contribution in [1.82, 2.24) is 14.3 Å². The molecule has 1 saturated carbocycles. The molecule has 6 nitrogen and oxygen atoms in total. The number of aryl methyl sites for hydroxylation is 2. The number of benzene rings is 1. The molecule has 35 heavy (non-hydrogen) atoms. The van der Waals surface area contributed by atoms with Crippen LogP contribution < -0.4 is 10.9 Å². The number of amides is 1. The van der Waals surface area contributed by atoms with Crippen LogP contribution in [0, 0.1) is 13.8 Å². The fourth-order valence-corrected chi connectivity index (χ4v) is 5.82. The van der Waals surface area contributed by atoms with E-state index in [1.54, 1.807) is 21.6 Å². The summed E-state index contributed by atoms with van der Waals surface area (Å²) in [5.74, 6) is 0.354. The van der Waals surface area contributed by atoms with E-state index in [1.807, 2.05) is 50.2 Å². The van der Waals surface area contributed by atoms with E-state index in [1.165, 1.54) is 18.2 Å². The number of hydrogen-bond donors (Lipinski definition) is 1. The van der Waals surface area contributed by atoms with Gasteiger partial charge in [-0.3, -0.25) is 18.9 Å². The van der Waals surface area contributed by atoms with Crippen molar-refractivity contribution in [3.05, 3.63) is 80.1 Å². The maximum Gasteiger partial charge on any atom is 0.267 e. The summed E-state index contributed by atoms with van der Waals surface area (Å²) >= 11 is 6.78. The van der Waals surface area contributed by atoms with E-state index in [0.717, 1.165) is 42.4 Å². The number of carbonyl (C=O) groups is 1. The Kier molecular flexibility index (Phi) is 6.75. The zero-order valence-electron chi connectivity index (χ0n) is 19.9. The second-order valence-electron chi connectivity index (χ2n) is 9.35. The topological polar surface area (TPSA) is 66.7 Å². The first-order valence-electron chi connectivity index (χ1n) is 12.0. The van der Waals surface area contributed by atoms with Gasteiger partial charge in [0.1, 0.15) is 15.8 Å². The number of thioether (sulfide) groups is 1. The maximum atomic E-state index is 13.6. The minimum Gasteiger partial charge on any atom is -0.367 e. The molecule has 3 heterocycles. The van der Waals surface area contributed by atoms with E-state index in [-0.39, 0.29) is 17.5 Å². The fraction of sp³-hybridized carbons (Fsp3) is 0.333. The predicted molar refractivity (Wildman–Crippen MR) is 147 cm³/mol. The number of nitrogens with one attached hydrogen (secondary N) is 1. The first kappa shape index (κ1) is 23.8. The van der Waals surface area contributed by atoms with Gasteiger partial charge in [-0.1, -0.05) is 79.1 Å². The van der Waals surface area contributed by atoms with E-state index in [4.69, 9.17) is 17.2 Å². The first-order valence-corrected chi connectivity index (χ1v) is 13.2. The minimum atomic E-state index is -0.194. The summed E-state index contributed by atoms with van der Waals surface area (Å²) in [7, 11) is 0. The lowest BCUT2D eigenvalue weighted by Gasteiger charge is -2.24. The Morgan fingerprint density at radius 2 is 1.77 bits per heavy atom. The molecule has 0 spiro atoms. The molecular weight excluding hydrogens is 476 g/mol. The normalized spacial score (nSPS) is 18.1. The van der Waals surface area contributed by atoms with Crippen LogP contribution in [-0.4, -0.2) is 30.6 Å². The van der Waals surface area contributed by atoms with Crippen molar-refractivity contribution in [2.24, 2.45) is 0 Å². The summed E-state index contributed by atoms with van der Waals surface area (Å²) in [5, 5.41) is 3.52. The molecule has 0 radical (unpaired) electrons. The van der Waals surface area contributed by atoms with Gasteiger partial charge >= 0.3 is 0 Å². The lowest BCUT2D eigenvalue weighted by atomic mass is 9.95. The molecule has 1 aliphatic carbocycles. The lowest BCUT2D eigenvalue weighted by molar-refractivity contribution is -0.122. The van der Waals surface area contributed by atoms with Gasteiger partial charge in [-0.2, -0.15) is 0 Å². The smallest absolute Gasteiger partial charge is 0.267 e. The number of nitrogens with zero attached hydrogens (tertiary/aromatic N) is 3. The van der Waals surface area contributed by atoms with Gasteiger partial charge in [0.15, 0.2) is 0 Å². The number of pyridine rings is 1. The van der Waals surface area contributed by atoms with Gasteiger partial charge < -0.3 is 5.32 Å². The van der Waals surface area contributed by atoms with Crippen molar-refractivity contribution in [3.8, 4) is 0 Å². The number of anilines is 1. The molecule has 180 valence electrons. The van der Waals surface area contributed by atoms with Crippen LogP contribution in [0.15, 0.2) is 52.3 Å². The molecular formula is C27H28N4O2S2. The molecule has 1 aromatic carbocycles. The highest BCUT2D eigenvalue weighted by molar-refractivity contribution is 8.26. The van der Waals surface area contributed by atoms with E-state index >= 15 is 0 Å². The zero-order valence-corrected chi connectivity index (χ0v) is 21.5. The average molecular weight is 505 g/mol. The van der Waals surface area contributed by atoms with Crippen molar-refractivity contribution in [1.29, 1.82) is 0 Å². The third-order valence-electron chi connectivity index (χ3n) is 6.56. The number of hydrogen-bond acceptors (Lipinski definition) is 6. The van der Waals surface area contributed by atoms with Crippen LogP contribution in [0.25, 0.3) is 11.7 Å². The number of fused-ring (bicyclic) bond motifs is 1. The second-order valence-corrected chi connectivity index (χ2v) is 11.0. The molecule has 0 atom stereocenters. The Morgan fingerprint density at radius 1 is 1.06 bits per heavy atom. The summed E-state index contributed by atoms with van der Waals surface area (Å²) < 4.78 is 2.05. The Bertz CT molecular complexity index is 1390. The highest BCUT2D eigenvalue weighted by Gasteiger charge is 2.33. The molecule has 1 N–H and O–H groups in total. The van der Waals surface area contributed by atoms with Crippen LogP contribution in [0.5, 0.6) is 0 Å². The molecule has 2 aromatic heterocycles. The van der Waals surface area contributed by atoms with Crippen LogP contribution in [0.4, 0.5) is 5.82 Å². The SMILES string of the molecule is Cc1ccc(CN2C(=O)/C(=C\c3c(NC4CCCCC4)nc4ccc(C)cn4c3=O)SC2=S)cc1. The highest BCUT2D eigenvalue weighted by Crippen LogP contribution is 2.34. The molecule has 0 unspecified atom stereocenters. The second kappa shape index (κ2) is 9.95. The highest BCUT2D eigenvalue weighted by atomic mass is 32.2. The van der Waals surface area contributed by atoms with E-state index < -0.39 is 0 Å². The van der Waals surface area contributed by atoms with Crippen LogP contribution in [-0.2, 0) is 11.3 Å². The number of thiocarbonyl (C=S) groups is 1. The van der Waals surface area contributed by atoms with Crippen molar-refractivity contribution >= 4 is 51.7 Å². The summed E-state index contributed by atoms with van der Waals surface area (Å²) in [6, 6.07) is 12.1. The fourth-order valence-electron chi connectivity index (χ4n) is 4.58. The van der Waals surface area contributed by atoms with Crippen LogP contribution >= 0.6 is 24.0 Å². The Labute approximate surface area is 214 Å². The third-order valence-corrected chi connectivity index (χ3v) is 7.94. The van der Waals surface area contributed by atoms with Gasteiger partial charge in [-0.15, -0.1) is 0 Å². The first-order chi connectivity index (χ1) is 16.9. The van der Waals surface area contributed by atoms with Gasteiger partial charge in [-0.25, -0.2) is 4.98 Å². The molecule has 1 aliphatic heterocycles. The Morgan fingerprint density at radius 3 is 2.51 bits per heavy atom. The van der Waals surface area contributed by atoms with Gasteiger partial charge in [0, 0.05) is 12.2 Å². The Balaban J connectivity index is 1.52. The number of carbonyl (C=O) groups excluding carboxylic acids is 1. The molecule has 5 rings (SSSR count). The quantitative estimate of drug-likeness (QED) is 0.368. The third kappa shape index (κ3) is 5.04. The molecule has 2 fully saturated rings. The van der Waals surface area contributed by atoms with Crippen molar-refractivity contribution < 1.29 is 4.79 Å². The maximum absolute atomic E-state index is 13.6. The minimum absolute atomic E-state index is 0.182. The monoisotopic (exact) mass is 504 g/mol. The summed E-state index contributed by atoms with van der Waals surface area (Å²) in [6.07, 6.45) is 9.12.